The van der Waals surface area contributed by atoms with Crippen molar-refractivity contribution < 1.29 is 9.53 Å². The van der Waals surface area contributed by atoms with E-state index in [0.717, 1.165) is 82.5 Å². The molecule has 6 nitrogen and oxygen atoms in total. The second-order valence-electron chi connectivity index (χ2n) is 7.87. The number of morpholine rings is 1. The van der Waals surface area contributed by atoms with E-state index in [1.54, 1.807) is 6.92 Å². The topological polar surface area (TPSA) is 48.0 Å². The van der Waals surface area contributed by atoms with E-state index >= 15 is 0 Å². The van der Waals surface area contributed by atoms with Crippen molar-refractivity contribution in [3.05, 3.63) is 29.8 Å². The lowest BCUT2D eigenvalue weighted by atomic mass is 10.0. The molecule has 3 rings (SSSR count). The Morgan fingerprint density at radius 3 is 2.62 bits per heavy atom. The van der Waals surface area contributed by atoms with Crippen LogP contribution in [-0.2, 0) is 16.0 Å². The van der Waals surface area contributed by atoms with Gasteiger partial charge in [0.1, 0.15) is 0 Å². The van der Waals surface area contributed by atoms with E-state index in [2.05, 4.69) is 46.3 Å². The van der Waals surface area contributed by atoms with Crippen molar-refractivity contribution in [1.29, 1.82) is 0 Å². The number of carbonyl (C=O) groups excluding carboxylic acids is 1. The number of hydrogen-bond acceptors (Lipinski definition) is 4. The van der Waals surface area contributed by atoms with Crippen molar-refractivity contribution in [3.8, 4) is 0 Å². The van der Waals surface area contributed by atoms with E-state index in [1.165, 1.54) is 5.56 Å². The lowest BCUT2D eigenvalue weighted by Gasteiger charge is -2.40. The first kappa shape index (κ1) is 22.0. The number of amides is 1. The summed E-state index contributed by atoms with van der Waals surface area (Å²) in [5.74, 6) is 0.167. The molecule has 2 aliphatic heterocycles. The summed E-state index contributed by atoms with van der Waals surface area (Å²) in [6.45, 7) is 10.9. The van der Waals surface area contributed by atoms with Gasteiger partial charge in [-0.05, 0) is 49.2 Å². The van der Waals surface area contributed by atoms with Crippen molar-refractivity contribution in [1.82, 2.24) is 14.7 Å². The van der Waals surface area contributed by atoms with Crippen LogP contribution in [0.25, 0.3) is 0 Å². The Hall–Kier alpha value is -1.70. The summed E-state index contributed by atoms with van der Waals surface area (Å²) in [5.41, 5.74) is 2.35. The first-order valence-corrected chi connectivity index (χ1v) is 11.2. The van der Waals surface area contributed by atoms with Crippen LogP contribution in [0.1, 0.15) is 32.3 Å². The van der Waals surface area contributed by atoms with Crippen LogP contribution in [0.4, 0.5) is 5.69 Å². The number of nitrogens with zero attached hydrogens (tertiary/aromatic N) is 3. The van der Waals surface area contributed by atoms with Gasteiger partial charge >= 0.3 is 0 Å². The SMILES string of the molecule is CCc1cccc(NC(=S)N(CCN2CCOCC2)C2CCN(C(C)=O)CC2)c1. The number of likely N-dealkylation sites (tertiary alicyclic amines) is 1. The highest BCUT2D eigenvalue weighted by molar-refractivity contribution is 7.80. The quantitative estimate of drug-likeness (QED) is 0.717. The lowest BCUT2D eigenvalue weighted by Crippen LogP contribution is -2.52. The van der Waals surface area contributed by atoms with Gasteiger partial charge in [0, 0.05) is 57.9 Å². The van der Waals surface area contributed by atoms with Gasteiger partial charge in [-0.3, -0.25) is 9.69 Å². The fraction of sp³-hybridized carbons (Fsp3) is 0.636. The minimum Gasteiger partial charge on any atom is -0.379 e. The number of rotatable bonds is 6. The molecular weight excluding hydrogens is 384 g/mol. The number of benzene rings is 1. The van der Waals surface area contributed by atoms with Gasteiger partial charge in [0.2, 0.25) is 5.91 Å². The van der Waals surface area contributed by atoms with Gasteiger partial charge in [0.15, 0.2) is 5.11 Å². The molecule has 7 heteroatoms. The van der Waals surface area contributed by atoms with Crippen molar-refractivity contribution in [2.75, 3.05) is 57.8 Å². The van der Waals surface area contributed by atoms with E-state index in [-0.39, 0.29) is 5.91 Å². The van der Waals surface area contributed by atoms with Crippen molar-refractivity contribution in [2.45, 2.75) is 39.2 Å². The van der Waals surface area contributed by atoms with Crippen LogP contribution in [-0.4, -0.2) is 84.2 Å². The van der Waals surface area contributed by atoms with Gasteiger partial charge in [0.25, 0.3) is 0 Å². The number of thiocarbonyl (C=S) groups is 1. The fourth-order valence-corrected chi connectivity index (χ4v) is 4.44. The molecule has 0 saturated carbocycles. The average Bonchev–Trinajstić information content (AvgIpc) is 2.75. The fourth-order valence-electron chi connectivity index (χ4n) is 4.08. The molecule has 0 radical (unpaired) electrons. The van der Waals surface area contributed by atoms with E-state index in [4.69, 9.17) is 17.0 Å². The predicted octanol–water partition coefficient (Wildman–Crippen LogP) is 2.59. The highest BCUT2D eigenvalue weighted by Crippen LogP contribution is 2.19. The van der Waals surface area contributed by atoms with Crippen molar-refractivity contribution >= 4 is 28.9 Å². The molecule has 0 aliphatic carbocycles. The predicted molar refractivity (Wildman–Crippen MR) is 121 cm³/mol. The Kier molecular flexibility index (Phi) is 8.27. The third-order valence-corrected chi connectivity index (χ3v) is 6.30. The molecule has 0 unspecified atom stereocenters. The zero-order chi connectivity index (χ0) is 20.6. The maximum absolute atomic E-state index is 11.7. The molecule has 1 aromatic rings. The monoisotopic (exact) mass is 418 g/mol. The molecule has 0 bridgehead atoms. The third kappa shape index (κ3) is 6.39. The van der Waals surface area contributed by atoms with Crippen LogP contribution >= 0.6 is 12.2 Å². The van der Waals surface area contributed by atoms with Gasteiger partial charge in [-0.25, -0.2) is 0 Å². The summed E-state index contributed by atoms with van der Waals surface area (Å²) in [4.78, 5) is 18.4. The molecular formula is C22H34N4O2S. The molecule has 1 N–H and O–H groups in total. The summed E-state index contributed by atoms with van der Waals surface area (Å²) in [5, 5.41) is 4.25. The number of nitrogens with one attached hydrogen (secondary N) is 1. The summed E-state index contributed by atoms with van der Waals surface area (Å²) in [6.07, 6.45) is 2.92. The molecule has 0 aromatic heterocycles. The minimum absolute atomic E-state index is 0.167. The molecule has 2 heterocycles. The highest BCUT2D eigenvalue weighted by atomic mass is 32.1. The largest absolute Gasteiger partial charge is 0.379 e. The van der Waals surface area contributed by atoms with E-state index in [0.29, 0.717) is 6.04 Å². The summed E-state index contributed by atoms with van der Waals surface area (Å²) in [7, 11) is 0. The van der Waals surface area contributed by atoms with Crippen molar-refractivity contribution in [2.24, 2.45) is 0 Å². The maximum atomic E-state index is 11.7. The van der Waals surface area contributed by atoms with E-state index < -0.39 is 0 Å². The Balaban J connectivity index is 1.65. The highest BCUT2D eigenvalue weighted by Gasteiger charge is 2.27. The van der Waals surface area contributed by atoms with Crippen LogP contribution in [0.3, 0.4) is 0 Å². The smallest absolute Gasteiger partial charge is 0.219 e. The molecule has 160 valence electrons. The Morgan fingerprint density at radius 2 is 1.97 bits per heavy atom. The van der Waals surface area contributed by atoms with Gasteiger partial charge < -0.3 is 19.9 Å². The Labute approximate surface area is 180 Å². The first-order valence-electron chi connectivity index (χ1n) is 10.8. The second kappa shape index (κ2) is 10.9. The van der Waals surface area contributed by atoms with Gasteiger partial charge in [0.05, 0.1) is 13.2 Å². The zero-order valence-electron chi connectivity index (χ0n) is 17.7. The summed E-state index contributed by atoms with van der Waals surface area (Å²) < 4.78 is 5.47. The summed E-state index contributed by atoms with van der Waals surface area (Å²) in [6, 6.07) is 8.82. The molecule has 1 aromatic carbocycles. The summed E-state index contributed by atoms with van der Waals surface area (Å²) >= 11 is 5.86. The van der Waals surface area contributed by atoms with Crippen LogP contribution < -0.4 is 5.32 Å². The molecule has 0 atom stereocenters. The van der Waals surface area contributed by atoms with Gasteiger partial charge in [-0.15, -0.1) is 0 Å². The zero-order valence-corrected chi connectivity index (χ0v) is 18.5. The molecule has 2 fully saturated rings. The van der Waals surface area contributed by atoms with Gasteiger partial charge in [-0.1, -0.05) is 19.1 Å². The normalized spacial score (nSPS) is 18.5. The van der Waals surface area contributed by atoms with Crippen LogP contribution in [0, 0.1) is 0 Å². The number of piperidine rings is 1. The Bertz CT molecular complexity index is 685. The average molecular weight is 419 g/mol. The van der Waals surface area contributed by atoms with Crippen molar-refractivity contribution in [3.63, 3.8) is 0 Å². The van der Waals surface area contributed by atoms with Crippen LogP contribution in [0.5, 0.6) is 0 Å². The molecule has 0 spiro atoms. The number of aryl methyl sites for hydroxylation is 1. The Morgan fingerprint density at radius 1 is 1.24 bits per heavy atom. The lowest BCUT2D eigenvalue weighted by molar-refractivity contribution is -0.130. The maximum Gasteiger partial charge on any atom is 0.219 e. The van der Waals surface area contributed by atoms with E-state index in [9.17, 15) is 4.79 Å². The molecule has 2 saturated heterocycles. The number of ether oxygens (including phenoxy) is 1. The molecule has 2 aliphatic rings. The third-order valence-electron chi connectivity index (χ3n) is 5.96. The van der Waals surface area contributed by atoms with E-state index in [1.807, 2.05) is 4.90 Å². The minimum atomic E-state index is 0.167. The van der Waals surface area contributed by atoms with Crippen LogP contribution in [0.2, 0.25) is 0 Å². The van der Waals surface area contributed by atoms with Gasteiger partial charge in [-0.2, -0.15) is 0 Å². The van der Waals surface area contributed by atoms with Crippen LogP contribution in [0.15, 0.2) is 24.3 Å². The molecule has 29 heavy (non-hydrogen) atoms. The standard InChI is InChI=1S/C22H34N4O2S/c1-3-19-5-4-6-20(17-19)23-22(29)26(12-11-24-13-15-28-16-14-24)21-7-9-25(10-8-21)18(2)27/h4-6,17,21H,3,7-16H2,1-2H3,(H,23,29). The number of carbonyl (C=O) groups is 1. The number of anilines is 1. The number of hydrogen-bond donors (Lipinski definition) is 1. The first-order chi connectivity index (χ1) is 14.1. The second-order valence-corrected chi connectivity index (χ2v) is 8.26. The molecule has 1 amide bonds.